The molecule has 0 saturated heterocycles. The molecule has 0 aliphatic heterocycles. The van der Waals surface area contributed by atoms with Crippen molar-refractivity contribution in [3.63, 3.8) is 0 Å². The van der Waals surface area contributed by atoms with E-state index in [2.05, 4.69) is 55.9 Å². The summed E-state index contributed by atoms with van der Waals surface area (Å²) < 4.78 is 1.02. The van der Waals surface area contributed by atoms with E-state index in [0.29, 0.717) is 4.99 Å². The summed E-state index contributed by atoms with van der Waals surface area (Å²) in [7, 11) is 0. The molecule has 19 heavy (non-hydrogen) atoms. The van der Waals surface area contributed by atoms with Crippen LogP contribution in [0.2, 0.25) is 0 Å². The van der Waals surface area contributed by atoms with E-state index in [0.717, 1.165) is 22.1 Å². The predicted molar refractivity (Wildman–Crippen MR) is 91.8 cm³/mol. The van der Waals surface area contributed by atoms with Crippen molar-refractivity contribution >= 4 is 38.8 Å². The predicted octanol–water partition coefficient (Wildman–Crippen LogP) is 4.71. The van der Waals surface area contributed by atoms with Gasteiger partial charge in [0.15, 0.2) is 0 Å². The Labute approximate surface area is 130 Å². The monoisotopic (exact) mass is 342 g/mol. The largest absolute Gasteiger partial charge is 0.389 e. The fraction of sp³-hybridized carbons (Fsp3) is 0.533. The third-order valence-corrected chi connectivity index (χ3v) is 3.41. The van der Waals surface area contributed by atoms with Gasteiger partial charge in [0.2, 0.25) is 0 Å². The van der Waals surface area contributed by atoms with Gasteiger partial charge in [0.05, 0.1) is 0 Å². The minimum Gasteiger partial charge on any atom is -0.389 e. The second-order valence-corrected chi connectivity index (χ2v) is 8.16. The van der Waals surface area contributed by atoms with E-state index in [4.69, 9.17) is 18.0 Å². The Hall–Kier alpha value is -0.610. The molecule has 0 aliphatic carbocycles. The smallest absolute Gasteiger partial charge is 0.106 e. The van der Waals surface area contributed by atoms with Gasteiger partial charge in [0, 0.05) is 21.3 Å². The molecule has 1 aromatic rings. The Morgan fingerprint density at radius 1 is 1.26 bits per heavy atom. The first-order chi connectivity index (χ1) is 8.50. The summed E-state index contributed by atoms with van der Waals surface area (Å²) in [5, 5.41) is 3.57. The molecule has 0 radical (unpaired) electrons. The number of hydrogen-bond donors (Lipinski definition) is 2. The van der Waals surface area contributed by atoms with Gasteiger partial charge in [-0.2, -0.15) is 0 Å². The van der Waals surface area contributed by atoms with Crippen molar-refractivity contribution in [2.75, 3.05) is 5.32 Å². The maximum absolute atomic E-state index is 5.79. The Morgan fingerprint density at radius 3 is 2.32 bits per heavy atom. The number of nitrogens with one attached hydrogen (secondary N) is 1. The number of nitrogens with two attached hydrogens (primary N) is 1. The van der Waals surface area contributed by atoms with Gasteiger partial charge in [-0.3, -0.25) is 0 Å². The molecule has 3 N–H and O–H groups in total. The highest BCUT2D eigenvalue weighted by Gasteiger charge is 2.26. The second kappa shape index (κ2) is 5.80. The number of thiocarbonyl (C=S) groups is 1. The van der Waals surface area contributed by atoms with Crippen LogP contribution in [0.25, 0.3) is 0 Å². The van der Waals surface area contributed by atoms with Crippen molar-refractivity contribution in [1.82, 2.24) is 0 Å². The van der Waals surface area contributed by atoms with Crippen LogP contribution in [0.3, 0.4) is 0 Å². The lowest BCUT2D eigenvalue weighted by Gasteiger charge is -2.35. The fourth-order valence-corrected chi connectivity index (χ4v) is 3.11. The lowest BCUT2D eigenvalue weighted by atomic mass is 9.81. The summed E-state index contributed by atoms with van der Waals surface area (Å²) in [6, 6.07) is 5.93. The first-order valence-corrected chi connectivity index (χ1v) is 7.58. The molecule has 0 heterocycles. The molecule has 0 amide bonds. The molecule has 0 aromatic heterocycles. The normalized spacial score (nSPS) is 12.3. The topological polar surface area (TPSA) is 38.0 Å². The Bertz CT molecular complexity index is 476. The van der Waals surface area contributed by atoms with Crippen LogP contribution >= 0.6 is 28.1 Å². The van der Waals surface area contributed by atoms with E-state index in [1.165, 1.54) is 0 Å². The molecule has 1 aromatic carbocycles. The van der Waals surface area contributed by atoms with Gasteiger partial charge in [-0.25, -0.2) is 0 Å². The molecule has 0 unspecified atom stereocenters. The fourth-order valence-electron chi connectivity index (χ4n) is 2.57. The van der Waals surface area contributed by atoms with E-state index in [-0.39, 0.29) is 11.0 Å². The molecule has 0 bridgehead atoms. The van der Waals surface area contributed by atoms with E-state index in [1.807, 2.05) is 18.2 Å². The third-order valence-electron chi connectivity index (χ3n) is 2.69. The molecule has 0 saturated carbocycles. The Kier molecular flexibility index (Phi) is 5.02. The first-order valence-electron chi connectivity index (χ1n) is 6.38. The van der Waals surface area contributed by atoms with Crippen LogP contribution in [0.15, 0.2) is 22.7 Å². The summed E-state index contributed by atoms with van der Waals surface area (Å²) in [4.78, 5) is 0.418. The van der Waals surface area contributed by atoms with Gasteiger partial charge in [-0.15, -0.1) is 0 Å². The summed E-state index contributed by atoms with van der Waals surface area (Å²) in [5.41, 5.74) is 7.89. The van der Waals surface area contributed by atoms with Gasteiger partial charge in [0.25, 0.3) is 0 Å². The van der Waals surface area contributed by atoms with Crippen LogP contribution < -0.4 is 11.1 Å². The number of hydrogen-bond acceptors (Lipinski definition) is 2. The van der Waals surface area contributed by atoms with Crippen LogP contribution in [0.5, 0.6) is 0 Å². The summed E-state index contributed by atoms with van der Waals surface area (Å²) in [5.74, 6) is 0. The second-order valence-electron chi connectivity index (χ2n) is 6.80. The molecule has 4 heteroatoms. The highest BCUT2D eigenvalue weighted by Crippen LogP contribution is 2.31. The summed E-state index contributed by atoms with van der Waals surface area (Å²) in [6.45, 7) is 11.1. The third kappa shape index (κ3) is 5.49. The lowest BCUT2D eigenvalue weighted by Crippen LogP contribution is -2.36. The number of anilines is 1. The molecule has 0 aliphatic rings. The minimum atomic E-state index is -0.0292. The van der Waals surface area contributed by atoms with Crippen molar-refractivity contribution in [3.05, 3.63) is 28.2 Å². The average Bonchev–Trinajstić information content (AvgIpc) is 2.11. The maximum atomic E-state index is 5.79. The van der Waals surface area contributed by atoms with Crippen molar-refractivity contribution < 1.29 is 0 Å². The Balaban J connectivity index is 3.04. The van der Waals surface area contributed by atoms with Gasteiger partial charge < -0.3 is 11.1 Å². The average molecular weight is 343 g/mol. The van der Waals surface area contributed by atoms with Crippen LogP contribution in [-0.2, 0) is 0 Å². The van der Waals surface area contributed by atoms with Gasteiger partial charge in [-0.1, -0.05) is 48.9 Å². The van der Waals surface area contributed by atoms with Crippen LogP contribution in [0.1, 0.15) is 46.6 Å². The number of halogens is 1. The quantitative estimate of drug-likeness (QED) is 0.778. The van der Waals surface area contributed by atoms with Crippen LogP contribution in [0, 0.1) is 5.41 Å². The lowest BCUT2D eigenvalue weighted by molar-refractivity contribution is 0.302. The molecule has 2 nitrogen and oxygen atoms in total. The zero-order chi connectivity index (χ0) is 14.8. The molecule has 106 valence electrons. The SMILES string of the molecule is CC(C)(C)CC(C)(C)Nc1cc(Br)ccc1C(N)=S. The van der Waals surface area contributed by atoms with Crippen molar-refractivity contribution in [2.45, 2.75) is 46.6 Å². The van der Waals surface area contributed by atoms with Crippen molar-refractivity contribution in [3.8, 4) is 0 Å². The maximum Gasteiger partial charge on any atom is 0.106 e. The Morgan fingerprint density at radius 2 is 1.84 bits per heavy atom. The van der Waals surface area contributed by atoms with Crippen molar-refractivity contribution in [2.24, 2.45) is 11.1 Å². The molecule has 1 rings (SSSR count). The first kappa shape index (κ1) is 16.4. The molecule has 0 spiro atoms. The minimum absolute atomic E-state index is 0.0292. The highest BCUT2D eigenvalue weighted by molar-refractivity contribution is 9.10. The van der Waals surface area contributed by atoms with Gasteiger partial charge >= 0.3 is 0 Å². The van der Waals surface area contributed by atoms with Gasteiger partial charge in [0.1, 0.15) is 4.99 Å². The van der Waals surface area contributed by atoms with Gasteiger partial charge in [-0.05, 0) is 43.9 Å². The van der Waals surface area contributed by atoms with Crippen LogP contribution in [-0.4, -0.2) is 10.5 Å². The molecular formula is C15H23BrN2S. The number of benzene rings is 1. The highest BCUT2D eigenvalue weighted by atomic mass is 79.9. The molecular weight excluding hydrogens is 320 g/mol. The van der Waals surface area contributed by atoms with Crippen molar-refractivity contribution in [1.29, 1.82) is 0 Å². The zero-order valence-electron chi connectivity index (χ0n) is 12.3. The van der Waals surface area contributed by atoms with E-state index >= 15 is 0 Å². The van der Waals surface area contributed by atoms with E-state index in [9.17, 15) is 0 Å². The molecule has 0 fully saturated rings. The zero-order valence-corrected chi connectivity index (χ0v) is 14.7. The summed E-state index contributed by atoms with van der Waals surface area (Å²) in [6.07, 6.45) is 1.04. The summed E-state index contributed by atoms with van der Waals surface area (Å²) >= 11 is 8.60. The number of rotatable bonds is 4. The van der Waals surface area contributed by atoms with Crippen LogP contribution in [0.4, 0.5) is 5.69 Å². The molecule has 0 atom stereocenters. The standard InChI is InChI=1S/C15H23BrN2S/c1-14(2,3)9-15(4,5)18-12-8-10(16)6-7-11(12)13(17)19/h6-8,18H,9H2,1-5H3,(H2,17,19). The van der Waals surface area contributed by atoms with E-state index < -0.39 is 0 Å². The van der Waals surface area contributed by atoms with E-state index in [1.54, 1.807) is 0 Å².